The number of nitrogens with one attached hydrogen (secondary N) is 1. The van der Waals surface area contributed by atoms with Gasteiger partial charge in [0.15, 0.2) is 0 Å². The topological polar surface area (TPSA) is 32.3 Å². The fourth-order valence-electron chi connectivity index (χ4n) is 2.23. The van der Waals surface area contributed by atoms with Gasteiger partial charge in [-0.15, -0.1) is 0 Å². The molecule has 18 heavy (non-hydrogen) atoms. The second kappa shape index (κ2) is 8.27. The van der Waals surface area contributed by atoms with E-state index in [-0.39, 0.29) is 25.5 Å². The van der Waals surface area contributed by atoms with Gasteiger partial charge in [-0.3, -0.25) is 0 Å². The molecule has 2 nitrogen and oxygen atoms in total. The lowest BCUT2D eigenvalue weighted by atomic mass is 9.85. The van der Waals surface area contributed by atoms with Crippen LogP contribution in [0.3, 0.4) is 0 Å². The smallest absolute Gasteiger partial charge is 0.391 e. The van der Waals surface area contributed by atoms with Crippen LogP contribution in [0.25, 0.3) is 0 Å². The molecule has 6 heteroatoms. The van der Waals surface area contributed by atoms with Gasteiger partial charge in [-0.1, -0.05) is 0 Å². The number of rotatable bonds is 7. The maximum Gasteiger partial charge on any atom is 0.391 e. The average Bonchev–Trinajstić information content (AvgIpc) is 2.33. The van der Waals surface area contributed by atoms with Crippen LogP contribution < -0.4 is 5.32 Å². The Bertz CT molecular complexity index is 218. The van der Waals surface area contributed by atoms with E-state index >= 15 is 0 Å². The number of hydrogen-bond donors (Lipinski definition) is 2. The SMILES string of the molecule is OCCCSCCNC1CCC(C(F)(F)F)CC1. The van der Waals surface area contributed by atoms with Crippen molar-refractivity contribution in [2.75, 3.05) is 24.7 Å². The van der Waals surface area contributed by atoms with Gasteiger partial charge in [0.1, 0.15) is 0 Å². The van der Waals surface area contributed by atoms with Gasteiger partial charge in [0.2, 0.25) is 0 Å². The first-order chi connectivity index (χ1) is 8.54. The second-order valence-electron chi connectivity index (χ2n) is 4.73. The minimum absolute atomic E-state index is 0.224. The molecule has 1 fully saturated rings. The molecule has 1 rings (SSSR count). The number of aliphatic hydroxyl groups excluding tert-OH is 1. The highest BCUT2D eigenvalue weighted by molar-refractivity contribution is 7.99. The molecular weight excluding hydrogens is 263 g/mol. The van der Waals surface area contributed by atoms with E-state index in [0.717, 1.165) is 24.5 Å². The summed E-state index contributed by atoms with van der Waals surface area (Å²) < 4.78 is 37.3. The van der Waals surface area contributed by atoms with Crippen molar-refractivity contribution < 1.29 is 18.3 Å². The largest absolute Gasteiger partial charge is 0.396 e. The average molecular weight is 285 g/mol. The maximum absolute atomic E-state index is 12.4. The van der Waals surface area contributed by atoms with Crippen molar-refractivity contribution >= 4 is 11.8 Å². The van der Waals surface area contributed by atoms with Crippen molar-refractivity contribution in [3.63, 3.8) is 0 Å². The standard InChI is InChI=1S/C12H22F3NOS/c13-12(14,15)10-2-4-11(5-3-10)16-6-9-18-8-1-7-17/h10-11,16-17H,1-9H2. The summed E-state index contributed by atoms with van der Waals surface area (Å²) in [6.45, 7) is 1.07. The summed E-state index contributed by atoms with van der Waals surface area (Å²) in [5.74, 6) is 0.813. The van der Waals surface area contributed by atoms with E-state index in [4.69, 9.17) is 5.11 Å². The first kappa shape index (κ1) is 16.1. The van der Waals surface area contributed by atoms with E-state index < -0.39 is 12.1 Å². The Labute approximate surface area is 111 Å². The van der Waals surface area contributed by atoms with Crippen molar-refractivity contribution in [1.29, 1.82) is 0 Å². The molecule has 0 atom stereocenters. The third kappa shape index (κ3) is 6.29. The third-order valence-corrected chi connectivity index (χ3v) is 4.39. The van der Waals surface area contributed by atoms with Crippen molar-refractivity contribution in [3.05, 3.63) is 0 Å². The molecule has 0 heterocycles. The van der Waals surface area contributed by atoms with Crippen molar-refractivity contribution in [3.8, 4) is 0 Å². The zero-order valence-corrected chi connectivity index (χ0v) is 11.3. The van der Waals surface area contributed by atoms with Crippen LogP contribution in [0.15, 0.2) is 0 Å². The monoisotopic (exact) mass is 285 g/mol. The summed E-state index contributed by atoms with van der Waals surface area (Å²) in [4.78, 5) is 0. The lowest BCUT2D eigenvalue weighted by molar-refractivity contribution is -0.182. The van der Waals surface area contributed by atoms with Crippen LogP contribution in [0, 0.1) is 5.92 Å². The number of thioether (sulfide) groups is 1. The first-order valence-electron chi connectivity index (χ1n) is 6.52. The minimum atomic E-state index is -4.01. The van der Waals surface area contributed by atoms with Crippen LogP contribution in [0.5, 0.6) is 0 Å². The van der Waals surface area contributed by atoms with Gasteiger partial charge in [-0.25, -0.2) is 0 Å². The van der Waals surface area contributed by atoms with Gasteiger partial charge in [0.25, 0.3) is 0 Å². The lowest BCUT2D eigenvalue weighted by Gasteiger charge is -2.30. The van der Waals surface area contributed by atoms with E-state index in [1.54, 1.807) is 11.8 Å². The predicted molar refractivity (Wildman–Crippen MR) is 68.8 cm³/mol. The molecule has 2 N–H and O–H groups in total. The lowest BCUT2D eigenvalue weighted by Crippen LogP contribution is -2.37. The highest BCUT2D eigenvalue weighted by Crippen LogP contribution is 2.37. The predicted octanol–water partition coefficient (Wildman–Crippen LogP) is 2.81. The Morgan fingerprint density at radius 3 is 2.33 bits per heavy atom. The molecule has 108 valence electrons. The van der Waals surface area contributed by atoms with E-state index in [9.17, 15) is 13.2 Å². The van der Waals surface area contributed by atoms with Crippen LogP contribution in [0.2, 0.25) is 0 Å². The molecule has 1 aliphatic rings. The molecule has 1 aliphatic carbocycles. The normalized spacial score (nSPS) is 25.3. The summed E-state index contributed by atoms with van der Waals surface area (Å²) in [6.07, 6.45) is -1.42. The van der Waals surface area contributed by atoms with Crippen LogP contribution in [0.1, 0.15) is 32.1 Å². The Balaban J connectivity index is 2.02. The van der Waals surface area contributed by atoms with E-state index in [1.807, 2.05) is 0 Å². The molecule has 0 radical (unpaired) electrons. The third-order valence-electron chi connectivity index (χ3n) is 3.32. The van der Waals surface area contributed by atoms with Gasteiger partial charge >= 0.3 is 6.18 Å². The molecule has 0 amide bonds. The van der Waals surface area contributed by atoms with E-state index in [0.29, 0.717) is 12.8 Å². The molecule has 0 saturated heterocycles. The summed E-state index contributed by atoms with van der Waals surface area (Å²) in [7, 11) is 0. The molecule has 0 unspecified atom stereocenters. The Morgan fingerprint density at radius 1 is 1.11 bits per heavy atom. The minimum Gasteiger partial charge on any atom is -0.396 e. The Morgan fingerprint density at radius 2 is 1.78 bits per heavy atom. The van der Waals surface area contributed by atoms with Gasteiger partial charge in [0.05, 0.1) is 5.92 Å². The molecular formula is C12H22F3NOS. The summed E-state index contributed by atoms with van der Waals surface area (Å²) in [6, 6.07) is 0.252. The van der Waals surface area contributed by atoms with Gasteiger partial charge in [-0.2, -0.15) is 24.9 Å². The maximum atomic E-state index is 12.4. The van der Waals surface area contributed by atoms with E-state index in [2.05, 4.69) is 5.32 Å². The highest BCUT2D eigenvalue weighted by atomic mass is 32.2. The summed E-state index contributed by atoms with van der Waals surface area (Å²) >= 11 is 1.77. The zero-order chi connectivity index (χ0) is 13.4. The molecule has 0 bridgehead atoms. The second-order valence-corrected chi connectivity index (χ2v) is 5.96. The van der Waals surface area contributed by atoms with Crippen LogP contribution in [-0.4, -0.2) is 42.0 Å². The molecule has 1 saturated carbocycles. The van der Waals surface area contributed by atoms with Crippen LogP contribution in [-0.2, 0) is 0 Å². The molecule has 0 aromatic carbocycles. The van der Waals surface area contributed by atoms with Gasteiger partial charge in [-0.05, 0) is 37.9 Å². The molecule has 0 aromatic heterocycles. The molecule has 0 aliphatic heterocycles. The van der Waals surface area contributed by atoms with Crippen molar-refractivity contribution in [2.45, 2.75) is 44.3 Å². The Kier molecular flexibility index (Phi) is 7.41. The van der Waals surface area contributed by atoms with Crippen LogP contribution >= 0.6 is 11.8 Å². The Hall–Kier alpha value is 0.0600. The van der Waals surface area contributed by atoms with Crippen molar-refractivity contribution in [1.82, 2.24) is 5.32 Å². The van der Waals surface area contributed by atoms with Crippen molar-refractivity contribution in [2.24, 2.45) is 5.92 Å². The molecule has 0 spiro atoms. The number of hydrogen-bond acceptors (Lipinski definition) is 3. The summed E-state index contributed by atoms with van der Waals surface area (Å²) in [5, 5.41) is 11.9. The quantitative estimate of drug-likeness (QED) is 0.706. The molecule has 0 aromatic rings. The number of aliphatic hydroxyl groups is 1. The fraction of sp³-hybridized carbons (Fsp3) is 1.00. The fourth-order valence-corrected chi connectivity index (χ4v) is 3.03. The highest BCUT2D eigenvalue weighted by Gasteiger charge is 2.41. The van der Waals surface area contributed by atoms with Gasteiger partial charge < -0.3 is 10.4 Å². The summed E-state index contributed by atoms with van der Waals surface area (Å²) in [5.41, 5.74) is 0. The number of halogens is 3. The van der Waals surface area contributed by atoms with Crippen LogP contribution in [0.4, 0.5) is 13.2 Å². The number of alkyl halides is 3. The van der Waals surface area contributed by atoms with E-state index in [1.165, 1.54) is 0 Å². The zero-order valence-electron chi connectivity index (χ0n) is 10.5. The first-order valence-corrected chi connectivity index (χ1v) is 7.68. The van der Waals surface area contributed by atoms with Gasteiger partial charge in [0, 0.05) is 24.9 Å².